The third kappa shape index (κ3) is 1.84. The molecule has 1 saturated heterocycles. The summed E-state index contributed by atoms with van der Waals surface area (Å²) in [5.74, 6) is 0. The zero-order valence-corrected chi connectivity index (χ0v) is 7.06. The molecule has 0 atom stereocenters. The summed E-state index contributed by atoms with van der Waals surface area (Å²) in [4.78, 5) is 2.51. The topological polar surface area (TPSA) is 3.24 Å². The highest BCUT2D eigenvalue weighted by Gasteiger charge is 2.09. The van der Waals surface area contributed by atoms with Crippen molar-refractivity contribution in [3.8, 4) is 0 Å². The lowest BCUT2D eigenvalue weighted by Crippen LogP contribution is -2.30. The zero-order chi connectivity index (χ0) is 7.40. The van der Waals surface area contributed by atoms with Gasteiger partial charge in [-0.25, -0.2) is 0 Å². The molecule has 0 aromatic heterocycles. The van der Waals surface area contributed by atoms with E-state index < -0.39 is 0 Å². The Balaban J connectivity index is 2.31. The molecule has 1 aliphatic heterocycles. The third-order valence-corrected chi connectivity index (χ3v) is 2.35. The van der Waals surface area contributed by atoms with Gasteiger partial charge in [0.2, 0.25) is 0 Å². The summed E-state index contributed by atoms with van der Waals surface area (Å²) >= 11 is 0. The minimum atomic E-state index is 1.22. The first kappa shape index (κ1) is 7.80. The van der Waals surface area contributed by atoms with Crippen LogP contribution in [0.1, 0.15) is 26.7 Å². The lowest BCUT2D eigenvalue weighted by atomic mass is 10.0. The average molecular weight is 139 g/mol. The van der Waals surface area contributed by atoms with Crippen molar-refractivity contribution in [3.05, 3.63) is 11.6 Å². The molecule has 0 spiro atoms. The smallest absolute Gasteiger partial charge is 0.00186 e. The van der Waals surface area contributed by atoms with Crippen molar-refractivity contribution in [1.29, 1.82) is 0 Å². The van der Waals surface area contributed by atoms with Gasteiger partial charge in [-0.3, -0.25) is 0 Å². The van der Waals surface area contributed by atoms with Crippen molar-refractivity contribution in [2.24, 2.45) is 0 Å². The molecule has 1 nitrogen and oxygen atoms in total. The SMILES string of the molecule is CC=C1CCN(CC)CC1. The molecular weight excluding hydrogens is 122 g/mol. The molecule has 1 fully saturated rings. The van der Waals surface area contributed by atoms with Crippen molar-refractivity contribution in [2.75, 3.05) is 19.6 Å². The first-order valence-corrected chi connectivity index (χ1v) is 4.23. The molecule has 0 saturated carbocycles. The number of likely N-dealkylation sites (tertiary alicyclic amines) is 1. The molecule has 0 amide bonds. The summed E-state index contributed by atoms with van der Waals surface area (Å²) in [6, 6.07) is 0. The van der Waals surface area contributed by atoms with E-state index in [1.54, 1.807) is 5.57 Å². The Kier molecular flexibility index (Phi) is 2.94. The van der Waals surface area contributed by atoms with Gasteiger partial charge in [0.05, 0.1) is 0 Å². The lowest BCUT2D eigenvalue weighted by Gasteiger charge is -2.26. The maximum absolute atomic E-state index is 2.51. The molecule has 10 heavy (non-hydrogen) atoms. The monoisotopic (exact) mass is 139 g/mol. The molecule has 0 aliphatic carbocycles. The maximum atomic E-state index is 2.51. The van der Waals surface area contributed by atoms with Crippen LogP contribution in [-0.4, -0.2) is 24.5 Å². The second-order valence-electron chi connectivity index (χ2n) is 2.88. The van der Waals surface area contributed by atoms with Crippen molar-refractivity contribution in [1.82, 2.24) is 4.90 Å². The van der Waals surface area contributed by atoms with E-state index in [0.29, 0.717) is 0 Å². The first-order chi connectivity index (χ1) is 4.86. The molecule has 1 heterocycles. The van der Waals surface area contributed by atoms with Crippen molar-refractivity contribution < 1.29 is 0 Å². The van der Waals surface area contributed by atoms with Gasteiger partial charge in [0.25, 0.3) is 0 Å². The van der Waals surface area contributed by atoms with E-state index in [1.807, 2.05) is 0 Å². The van der Waals surface area contributed by atoms with Gasteiger partial charge >= 0.3 is 0 Å². The molecule has 58 valence electrons. The third-order valence-electron chi connectivity index (χ3n) is 2.35. The van der Waals surface area contributed by atoms with E-state index in [1.165, 1.54) is 32.5 Å². The molecule has 0 aromatic carbocycles. The van der Waals surface area contributed by atoms with Crippen LogP contribution in [0, 0.1) is 0 Å². The van der Waals surface area contributed by atoms with Crippen LogP contribution in [0.5, 0.6) is 0 Å². The highest BCUT2D eigenvalue weighted by atomic mass is 15.1. The second kappa shape index (κ2) is 3.77. The Labute approximate surface area is 63.7 Å². The minimum Gasteiger partial charge on any atom is -0.303 e. The van der Waals surface area contributed by atoms with Crippen LogP contribution in [0.3, 0.4) is 0 Å². The molecular formula is C9H17N. The Morgan fingerprint density at radius 3 is 2.40 bits per heavy atom. The van der Waals surface area contributed by atoms with Gasteiger partial charge in [-0.15, -0.1) is 0 Å². The van der Waals surface area contributed by atoms with E-state index in [2.05, 4.69) is 24.8 Å². The summed E-state index contributed by atoms with van der Waals surface area (Å²) in [7, 11) is 0. The molecule has 0 unspecified atom stereocenters. The van der Waals surface area contributed by atoms with Crippen molar-refractivity contribution in [3.63, 3.8) is 0 Å². The highest BCUT2D eigenvalue weighted by Crippen LogP contribution is 2.14. The molecule has 0 bridgehead atoms. The highest BCUT2D eigenvalue weighted by molar-refractivity contribution is 5.03. The first-order valence-electron chi connectivity index (χ1n) is 4.23. The molecule has 0 aromatic rings. The summed E-state index contributed by atoms with van der Waals surface area (Å²) in [6.07, 6.45) is 4.86. The van der Waals surface area contributed by atoms with Gasteiger partial charge in [0.1, 0.15) is 0 Å². The Bertz CT molecular complexity index is 117. The fourth-order valence-corrected chi connectivity index (χ4v) is 1.45. The maximum Gasteiger partial charge on any atom is 0.00186 e. The normalized spacial score (nSPS) is 21.2. The predicted molar refractivity (Wildman–Crippen MR) is 45.1 cm³/mol. The molecule has 1 rings (SSSR count). The van der Waals surface area contributed by atoms with E-state index in [0.717, 1.165) is 0 Å². The number of nitrogens with zero attached hydrogens (tertiary/aromatic N) is 1. The van der Waals surface area contributed by atoms with Crippen LogP contribution in [0.4, 0.5) is 0 Å². The van der Waals surface area contributed by atoms with Crippen LogP contribution >= 0.6 is 0 Å². The van der Waals surface area contributed by atoms with Crippen LogP contribution < -0.4 is 0 Å². The summed E-state index contributed by atoms with van der Waals surface area (Å²) < 4.78 is 0. The molecule has 1 heteroatoms. The van der Waals surface area contributed by atoms with Crippen molar-refractivity contribution in [2.45, 2.75) is 26.7 Å². The quantitative estimate of drug-likeness (QED) is 0.502. The van der Waals surface area contributed by atoms with Crippen LogP contribution in [0.2, 0.25) is 0 Å². The Hall–Kier alpha value is -0.300. The second-order valence-corrected chi connectivity index (χ2v) is 2.88. The van der Waals surface area contributed by atoms with Gasteiger partial charge in [-0.1, -0.05) is 18.6 Å². The molecule has 0 radical (unpaired) electrons. The molecule has 1 aliphatic rings. The fraction of sp³-hybridized carbons (Fsp3) is 0.778. The van der Waals surface area contributed by atoms with E-state index >= 15 is 0 Å². The van der Waals surface area contributed by atoms with E-state index in [4.69, 9.17) is 0 Å². The predicted octanol–water partition coefficient (Wildman–Crippen LogP) is 2.05. The van der Waals surface area contributed by atoms with E-state index in [-0.39, 0.29) is 0 Å². The minimum absolute atomic E-state index is 1.22. The number of piperidine rings is 1. The van der Waals surface area contributed by atoms with Crippen LogP contribution in [0.15, 0.2) is 11.6 Å². The molecule has 0 N–H and O–H groups in total. The van der Waals surface area contributed by atoms with Gasteiger partial charge in [0.15, 0.2) is 0 Å². The largest absolute Gasteiger partial charge is 0.303 e. The van der Waals surface area contributed by atoms with Gasteiger partial charge in [-0.2, -0.15) is 0 Å². The number of hydrogen-bond donors (Lipinski definition) is 0. The summed E-state index contributed by atoms with van der Waals surface area (Å²) in [5.41, 5.74) is 1.64. The Morgan fingerprint density at radius 1 is 1.40 bits per heavy atom. The van der Waals surface area contributed by atoms with Crippen molar-refractivity contribution >= 4 is 0 Å². The lowest BCUT2D eigenvalue weighted by molar-refractivity contribution is 0.270. The fourth-order valence-electron chi connectivity index (χ4n) is 1.45. The number of allylic oxidation sites excluding steroid dienone is 1. The zero-order valence-electron chi connectivity index (χ0n) is 7.06. The Morgan fingerprint density at radius 2 is 2.00 bits per heavy atom. The standard InChI is InChI=1S/C9H17N/c1-3-9-5-7-10(4-2)8-6-9/h3H,4-8H2,1-2H3. The van der Waals surface area contributed by atoms with Gasteiger partial charge < -0.3 is 4.90 Å². The number of hydrogen-bond acceptors (Lipinski definition) is 1. The van der Waals surface area contributed by atoms with Crippen LogP contribution in [0.25, 0.3) is 0 Å². The summed E-state index contributed by atoms with van der Waals surface area (Å²) in [6.45, 7) is 8.15. The van der Waals surface area contributed by atoms with Crippen LogP contribution in [-0.2, 0) is 0 Å². The average Bonchev–Trinajstić information content (AvgIpc) is 2.05. The van der Waals surface area contributed by atoms with Gasteiger partial charge in [-0.05, 0) is 26.3 Å². The van der Waals surface area contributed by atoms with E-state index in [9.17, 15) is 0 Å². The van der Waals surface area contributed by atoms with Gasteiger partial charge in [0, 0.05) is 13.1 Å². The number of rotatable bonds is 1. The summed E-state index contributed by atoms with van der Waals surface area (Å²) in [5, 5.41) is 0.